The first-order valence-electron chi connectivity index (χ1n) is 9.51. The average Bonchev–Trinajstić information content (AvgIpc) is 3.55. The van der Waals surface area contributed by atoms with Gasteiger partial charge in [0.05, 0.1) is 24.6 Å². The van der Waals surface area contributed by atoms with Crippen molar-refractivity contribution in [1.29, 1.82) is 0 Å². The van der Waals surface area contributed by atoms with E-state index >= 15 is 0 Å². The molecular weight excluding hydrogens is 416 g/mol. The van der Waals surface area contributed by atoms with Crippen LogP contribution in [0.4, 0.5) is 0 Å². The van der Waals surface area contributed by atoms with Gasteiger partial charge >= 0.3 is 0 Å². The van der Waals surface area contributed by atoms with Crippen LogP contribution < -0.4 is 0 Å². The second-order valence-electron chi connectivity index (χ2n) is 6.31. The van der Waals surface area contributed by atoms with Crippen LogP contribution in [0.1, 0.15) is 21.1 Å². The highest BCUT2D eigenvalue weighted by Crippen LogP contribution is 2.14. The highest BCUT2D eigenvalue weighted by molar-refractivity contribution is 7.11. The normalized spacial score (nSPS) is 11.9. The van der Waals surface area contributed by atoms with Crippen LogP contribution in [0, 0.1) is 0 Å². The van der Waals surface area contributed by atoms with E-state index in [-0.39, 0.29) is 0 Å². The fourth-order valence-electron chi connectivity index (χ4n) is 2.66. The van der Waals surface area contributed by atoms with Crippen molar-refractivity contribution < 1.29 is 9.47 Å². The minimum absolute atomic E-state index is 0.389. The Morgan fingerprint density at radius 2 is 1.57 bits per heavy atom. The first-order valence-corrected chi connectivity index (χ1v) is 11.3. The third kappa shape index (κ3) is 6.11. The topological polar surface area (TPSA) is 54.1 Å². The Bertz CT molecular complexity index is 1060. The zero-order valence-corrected chi connectivity index (χ0v) is 18.0. The van der Waals surface area contributed by atoms with Gasteiger partial charge in [-0.3, -0.25) is 0 Å². The number of hydrogen-bond acceptors (Lipinski definition) is 6. The van der Waals surface area contributed by atoms with Gasteiger partial charge in [0, 0.05) is 22.1 Å². The Morgan fingerprint density at radius 3 is 2.30 bits per heavy atom. The molecule has 0 saturated carbocycles. The minimum Gasteiger partial charge on any atom is -0.357 e. The summed E-state index contributed by atoms with van der Waals surface area (Å²) < 4.78 is 14.9. The summed E-state index contributed by atoms with van der Waals surface area (Å²) in [6, 6.07) is 12.2. The molecule has 0 saturated heterocycles. The molecule has 4 aromatic heterocycles. The molecule has 4 aromatic rings. The first-order chi connectivity index (χ1) is 14.9. The van der Waals surface area contributed by atoms with Gasteiger partial charge < -0.3 is 9.47 Å². The lowest BCUT2D eigenvalue weighted by atomic mass is 10.3. The predicted molar refractivity (Wildman–Crippen MR) is 123 cm³/mol. The van der Waals surface area contributed by atoms with Crippen LogP contribution in [-0.4, -0.2) is 32.8 Å². The average molecular weight is 439 g/mol. The molecule has 30 heavy (non-hydrogen) atoms. The summed E-state index contributed by atoms with van der Waals surface area (Å²) in [5, 5.41) is 12.9. The Labute approximate surface area is 183 Å². The molecule has 0 bridgehead atoms. The van der Waals surface area contributed by atoms with E-state index in [0.29, 0.717) is 26.7 Å². The standard InChI is InChI=1S/C22H22N4O2S2/c1-3-21(29-15-1)7-5-19-10-12-25(24-19)17-27-13-14-28-18-26-20(9-11-23-26)6-8-22-4-2-16-30-22/h1-12,15-16H,13-14,17-18H2/b7-5+,8-6+. The molecule has 0 unspecified atom stereocenters. The van der Waals surface area contributed by atoms with E-state index < -0.39 is 0 Å². The highest BCUT2D eigenvalue weighted by Gasteiger charge is 2.00. The number of aromatic nitrogens is 4. The van der Waals surface area contributed by atoms with Crippen molar-refractivity contribution >= 4 is 47.0 Å². The molecule has 154 valence electrons. The molecule has 0 fully saturated rings. The minimum atomic E-state index is 0.389. The lowest BCUT2D eigenvalue weighted by Gasteiger charge is -2.07. The molecule has 0 amide bonds. The molecule has 4 rings (SSSR count). The largest absolute Gasteiger partial charge is 0.357 e. The van der Waals surface area contributed by atoms with E-state index in [9.17, 15) is 0 Å². The van der Waals surface area contributed by atoms with E-state index in [1.807, 2.05) is 47.3 Å². The summed E-state index contributed by atoms with van der Waals surface area (Å²) in [6.07, 6.45) is 11.9. The number of nitrogens with zero attached hydrogens (tertiary/aromatic N) is 4. The summed E-state index contributed by atoms with van der Waals surface area (Å²) in [7, 11) is 0. The quantitative estimate of drug-likeness (QED) is 0.302. The van der Waals surface area contributed by atoms with E-state index in [0.717, 1.165) is 11.4 Å². The second-order valence-corrected chi connectivity index (χ2v) is 8.27. The van der Waals surface area contributed by atoms with E-state index in [1.165, 1.54) is 9.75 Å². The van der Waals surface area contributed by atoms with Gasteiger partial charge in [-0.1, -0.05) is 12.1 Å². The Morgan fingerprint density at radius 1 is 0.833 bits per heavy atom. The number of hydrogen-bond donors (Lipinski definition) is 0. The summed E-state index contributed by atoms with van der Waals surface area (Å²) in [5.74, 6) is 0. The van der Waals surface area contributed by atoms with Crippen molar-refractivity contribution in [1.82, 2.24) is 19.6 Å². The maximum atomic E-state index is 5.68. The van der Waals surface area contributed by atoms with Gasteiger partial charge in [0.1, 0.15) is 13.5 Å². The maximum absolute atomic E-state index is 5.68. The molecule has 0 atom stereocenters. The van der Waals surface area contributed by atoms with Crippen molar-refractivity contribution in [3.8, 4) is 0 Å². The van der Waals surface area contributed by atoms with Crippen LogP contribution in [0.5, 0.6) is 0 Å². The lowest BCUT2D eigenvalue weighted by molar-refractivity contribution is -0.00827. The van der Waals surface area contributed by atoms with Crippen LogP contribution in [-0.2, 0) is 22.9 Å². The Hall–Kier alpha value is -2.78. The molecule has 0 aliphatic heterocycles. The van der Waals surface area contributed by atoms with Crippen LogP contribution >= 0.6 is 22.7 Å². The number of ether oxygens (including phenoxy) is 2. The smallest absolute Gasteiger partial charge is 0.140 e. The van der Waals surface area contributed by atoms with Crippen molar-refractivity contribution in [2.75, 3.05) is 13.2 Å². The van der Waals surface area contributed by atoms with Gasteiger partial charge in [0.2, 0.25) is 0 Å². The molecule has 0 aliphatic carbocycles. The fraction of sp³-hybridized carbons (Fsp3) is 0.182. The maximum Gasteiger partial charge on any atom is 0.140 e. The monoisotopic (exact) mass is 438 g/mol. The van der Waals surface area contributed by atoms with Crippen LogP contribution in [0.25, 0.3) is 24.3 Å². The Kier molecular flexibility index (Phi) is 7.41. The fourth-order valence-corrected chi connectivity index (χ4v) is 3.90. The predicted octanol–water partition coefficient (Wildman–Crippen LogP) is 5.19. The van der Waals surface area contributed by atoms with Gasteiger partial charge in [-0.25, -0.2) is 9.36 Å². The molecule has 0 aromatic carbocycles. The zero-order chi connectivity index (χ0) is 20.4. The van der Waals surface area contributed by atoms with Crippen molar-refractivity contribution in [3.63, 3.8) is 0 Å². The van der Waals surface area contributed by atoms with E-state index in [4.69, 9.17) is 9.47 Å². The number of rotatable bonds is 11. The van der Waals surface area contributed by atoms with Gasteiger partial charge in [0.15, 0.2) is 0 Å². The molecule has 6 nitrogen and oxygen atoms in total. The molecule has 0 aliphatic rings. The third-order valence-electron chi connectivity index (χ3n) is 4.14. The summed E-state index contributed by atoms with van der Waals surface area (Å²) in [6.45, 7) is 1.76. The zero-order valence-electron chi connectivity index (χ0n) is 16.3. The molecular formula is C22H22N4O2S2. The van der Waals surface area contributed by atoms with Crippen LogP contribution in [0.3, 0.4) is 0 Å². The van der Waals surface area contributed by atoms with E-state index in [1.54, 1.807) is 33.6 Å². The van der Waals surface area contributed by atoms with Gasteiger partial charge in [-0.05, 0) is 59.3 Å². The SMILES string of the molecule is C(=C\c1cccs1)/c1ccn(COCCOCn2nccc2/C=C/c2cccs2)n1. The number of thiophene rings is 2. The summed E-state index contributed by atoms with van der Waals surface area (Å²) >= 11 is 3.41. The van der Waals surface area contributed by atoms with E-state index in [2.05, 4.69) is 45.2 Å². The lowest BCUT2D eigenvalue weighted by Crippen LogP contribution is -2.12. The highest BCUT2D eigenvalue weighted by atomic mass is 32.1. The van der Waals surface area contributed by atoms with Gasteiger partial charge in [0.25, 0.3) is 0 Å². The van der Waals surface area contributed by atoms with Gasteiger partial charge in [-0.2, -0.15) is 10.2 Å². The molecule has 4 heterocycles. The van der Waals surface area contributed by atoms with Crippen molar-refractivity contribution in [2.45, 2.75) is 13.5 Å². The first kappa shape index (κ1) is 20.5. The Balaban J connectivity index is 1.14. The third-order valence-corrected chi connectivity index (χ3v) is 5.82. The van der Waals surface area contributed by atoms with Crippen LogP contribution in [0.2, 0.25) is 0 Å². The molecule has 8 heteroatoms. The second kappa shape index (κ2) is 10.8. The molecule has 0 spiro atoms. The summed E-state index contributed by atoms with van der Waals surface area (Å²) in [5.41, 5.74) is 1.91. The summed E-state index contributed by atoms with van der Waals surface area (Å²) in [4.78, 5) is 2.42. The van der Waals surface area contributed by atoms with Crippen molar-refractivity contribution in [2.24, 2.45) is 0 Å². The van der Waals surface area contributed by atoms with Gasteiger partial charge in [-0.15, -0.1) is 22.7 Å². The molecule has 0 N–H and O–H groups in total. The molecule has 0 radical (unpaired) electrons. The van der Waals surface area contributed by atoms with Crippen molar-refractivity contribution in [3.05, 3.63) is 80.7 Å². The van der Waals surface area contributed by atoms with Crippen LogP contribution in [0.15, 0.2) is 59.6 Å².